The van der Waals surface area contributed by atoms with Crippen molar-refractivity contribution in [2.45, 2.75) is 32.9 Å². The summed E-state index contributed by atoms with van der Waals surface area (Å²) in [6, 6.07) is 9.30. The Morgan fingerprint density at radius 2 is 2.12 bits per heavy atom. The van der Waals surface area contributed by atoms with Crippen LogP contribution in [0, 0.1) is 13.8 Å². The van der Waals surface area contributed by atoms with Gasteiger partial charge in [-0.05, 0) is 44.0 Å². The molecule has 140 valence electrons. The number of benzene rings is 1. The fraction of sp³-hybridized carbons (Fsp3) is 0.421. The van der Waals surface area contributed by atoms with Crippen molar-refractivity contribution in [3.8, 4) is 0 Å². The first-order chi connectivity index (χ1) is 12.3. The van der Waals surface area contributed by atoms with Crippen LogP contribution in [0.5, 0.6) is 0 Å². The summed E-state index contributed by atoms with van der Waals surface area (Å²) in [6.07, 6.45) is 2.12. The molecule has 26 heavy (non-hydrogen) atoms. The minimum Gasteiger partial charge on any atom is -0.468 e. The van der Waals surface area contributed by atoms with Crippen molar-refractivity contribution >= 4 is 21.4 Å². The van der Waals surface area contributed by atoms with Gasteiger partial charge in [0.2, 0.25) is 5.91 Å². The number of anilines is 1. The standard InChI is InChI=1S/C19H24N2O4S/c1-14-5-6-18(15(2)10-14)20-19(22)12-21(11-17-4-3-8-25-17)16-7-9-26(23,24)13-16/h3-6,8,10,16H,7,9,11-13H2,1-2H3,(H,20,22). The Kier molecular flexibility index (Phi) is 5.48. The molecule has 1 aliphatic rings. The summed E-state index contributed by atoms with van der Waals surface area (Å²) >= 11 is 0. The summed E-state index contributed by atoms with van der Waals surface area (Å²) < 4.78 is 29.1. The van der Waals surface area contributed by atoms with Crippen molar-refractivity contribution in [3.05, 3.63) is 53.5 Å². The van der Waals surface area contributed by atoms with Gasteiger partial charge in [0.15, 0.2) is 9.84 Å². The quantitative estimate of drug-likeness (QED) is 0.838. The maximum Gasteiger partial charge on any atom is 0.238 e. The lowest BCUT2D eigenvalue weighted by molar-refractivity contribution is -0.118. The summed E-state index contributed by atoms with van der Waals surface area (Å²) in [5.41, 5.74) is 2.91. The SMILES string of the molecule is Cc1ccc(NC(=O)CN(Cc2ccco2)C2CCS(=O)(=O)C2)c(C)c1. The number of amides is 1. The van der Waals surface area contributed by atoms with E-state index in [4.69, 9.17) is 4.42 Å². The number of nitrogens with one attached hydrogen (secondary N) is 1. The lowest BCUT2D eigenvalue weighted by atomic mass is 10.1. The largest absolute Gasteiger partial charge is 0.468 e. The number of aryl methyl sites for hydroxylation is 2. The summed E-state index contributed by atoms with van der Waals surface area (Å²) in [4.78, 5) is 14.5. The third kappa shape index (κ3) is 4.74. The number of hydrogen-bond donors (Lipinski definition) is 1. The number of sulfone groups is 1. The number of hydrogen-bond acceptors (Lipinski definition) is 5. The predicted molar refractivity (Wildman–Crippen MR) is 101 cm³/mol. The van der Waals surface area contributed by atoms with Gasteiger partial charge in [-0.1, -0.05) is 17.7 Å². The minimum atomic E-state index is -3.03. The fourth-order valence-corrected chi connectivity index (χ4v) is 5.07. The van der Waals surface area contributed by atoms with E-state index in [2.05, 4.69) is 5.32 Å². The molecule has 6 nitrogen and oxygen atoms in total. The van der Waals surface area contributed by atoms with Crippen LogP contribution in [0.15, 0.2) is 41.0 Å². The van der Waals surface area contributed by atoms with Gasteiger partial charge in [0.1, 0.15) is 5.76 Å². The maximum absolute atomic E-state index is 12.6. The smallest absolute Gasteiger partial charge is 0.238 e. The molecule has 2 aromatic rings. The van der Waals surface area contributed by atoms with Gasteiger partial charge < -0.3 is 9.73 Å². The fourth-order valence-electron chi connectivity index (χ4n) is 3.31. The van der Waals surface area contributed by atoms with Gasteiger partial charge in [-0.3, -0.25) is 9.69 Å². The predicted octanol–water partition coefficient (Wildman–Crippen LogP) is 2.52. The summed E-state index contributed by atoms with van der Waals surface area (Å²) in [5.74, 6) is 0.816. The molecule has 0 spiro atoms. The molecule has 1 fully saturated rings. The van der Waals surface area contributed by atoms with E-state index < -0.39 is 9.84 Å². The molecule has 0 radical (unpaired) electrons. The summed E-state index contributed by atoms with van der Waals surface area (Å²) in [5, 5.41) is 2.93. The van der Waals surface area contributed by atoms with Gasteiger partial charge in [0.05, 0.1) is 30.9 Å². The Morgan fingerprint density at radius 3 is 2.73 bits per heavy atom. The van der Waals surface area contributed by atoms with E-state index >= 15 is 0 Å². The van der Waals surface area contributed by atoms with Crippen LogP contribution in [0.1, 0.15) is 23.3 Å². The molecular weight excluding hydrogens is 352 g/mol. The second-order valence-electron chi connectivity index (χ2n) is 6.91. The lowest BCUT2D eigenvalue weighted by Gasteiger charge is -2.26. The van der Waals surface area contributed by atoms with Gasteiger partial charge in [0, 0.05) is 11.7 Å². The van der Waals surface area contributed by atoms with E-state index in [1.165, 1.54) is 0 Å². The zero-order chi connectivity index (χ0) is 18.7. The highest BCUT2D eigenvalue weighted by Gasteiger charge is 2.33. The molecule has 1 N–H and O–H groups in total. The first-order valence-corrected chi connectivity index (χ1v) is 10.5. The Hall–Kier alpha value is -2.12. The number of carbonyl (C=O) groups excluding carboxylic acids is 1. The third-order valence-corrected chi connectivity index (χ3v) is 6.42. The molecule has 3 rings (SSSR count). The van der Waals surface area contributed by atoms with Crippen molar-refractivity contribution in [2.75, 3.05) is 23.4 Å². The number of rotatable bonds is 6. The van der Waals surface area contributed by atoms with Crippen LogP contribution in [-0.4, -0.2) is 43.3 Å². The molecule has 0 saturated carbocycles. The van der Waals surface area contributed by atoms with Crippen LogP contribution in [0.2, 0.25) is 0 Å². The van der Waals surface area contributed by atoms with Crippen molar-refractivity contribution < 1.29 is 17.6 Å². The minimum absolute atomic E-state index is 0.0878. The topological polar surface area (TPSA) is 79.6 Å². The van der Waals surface area contributed by atoms with Crippen molar-refractivity contribution in [2.24, 2.45) is 0 Å². The molecular formula is C19H24N2O4S. The molecule has 1 aromatic carbocycles. The van der Waals surface area contributed by atoms with Crippen molar-refractivity contribution in [1.29, 1.82) is 0 Å². The number of nitrogens with zero attached hydrogens (tertiary/aromatic N) is 1. The molecule has 7 heteroatoms. The highest BCUT2D eigenvalue weighted by Crippen LogP contribution is 2.21. The average Bonchev–Trinajstić information content (AvgIpc) is 3.19. The Labute approximate surface area is 154 Å². The van der Waals surface area contributed by atoms with Gasteiger partial charge in [0.25, 0.3) is 0 Å². The lowest BCUT2D eigenvalue weighted by Crippen LogP contribution is -2.41. The Morgan fingerprint density at radius 1 is 1.31 bits per heavy atom. The van der Waals surface area contributed by atoms with E-state index in [9.17, 15) is 13.2 Å². The highest BCUT2D eigenvalue weighted by atomic mass is 32.2. The van der Waals surface area contributed by atoms with E-state index in [0.717, 1.165) is 16.8 Å². The molecule has 0 bridgehead atoms. The molecule has 0 aliphatic carbocycles. The van der Waals surface area contributed by atoms with Gasteiger partial charge in [-0.25, -0.2) is 8.42 Å². The highest BCUT2D eigenvalue weighted by molar-refractivity contribution is 7.91. The van der Waals surface area contributed by atoms with Gasteiger partial charge in [-0.2, -0.15) is 0 Å². The zero-order valence-electron chi connectivity index (χ0n) is 15.1. The summed E-state index contributed by atoms with van der Waals surface area (Å²) in [6.45, 7) is 4.48. The van der Waals surface area contributed by atoms with Crippen LogP contribution >= 0.6 is 0 Å². The van der Waals surface area contributed by atoms with Crippen molar-refractivity contribution in [3.63, 3.8) is 0 Å². The van der Waals surface area contributed by atoms with E-state index in [1.54, 1.807) is 12.3 Å². The zero-order valence-corrected chi connectivity index (χ0v) is 15.9. The monoisotopic (exact) mass is 376 g/mol. The second kappa shape index (κ2) is 7.63. The molecule has 1 saturated heterocycles. The van der Waals surface area contributed by atoms with Gasteiger partial charge >= 0.3 is 0 Å². The van der Waals surface area contributed by atoms with E-state index in [-0.39, 0.29) is 30.0 Å². The van der Waals surface area contributed by atoms with Crippen LogP contribution in [0.25, 0.3) is 0 Å². The van der Waals surface area contributed by atoms with Crippen LogP contribution < -0.4 is 5.32 Å². The van der Waals surface area contributed by atoms with Crippen molar-refractivity contribution in [1.82, 2.24) is 4.90 Å². The van der Waals surface area contributed by atoms with Crippen LogP contribution in [0.4, 0.5) is 5.69 Å². The first-order valence-electron chi connectivity index (χ1n) is 8.66. The van der Waals surface area contributed by atoms with E-state index in [0.29, 0.717) is 18.7 Å². The number of furan rings is 1. The number of carbonyl (C=O) groups is 1. The maximum atomic E-state index is 12.6. The summed E-state index contributed by atoms with van der Waals surface area (Å²) in [7, 11) is -3.03. The second-order valence-corrected chi connectivity index (χ2v) is 9.14. The molecule has 1 unspecified atom stereocenters. The third-order valence-electron chi connectivity index (χ3n) is 4.67. The normalized spacial score (nSPS) is 19.0. The molecule has 1 amide bonds. The van der Waals surface area contributed by atoms with Gasteiger partial charge in [-0.15, -0.1) is 0 Å². The average molecular weight is 376 g/mol. The Bertz CT molecular complexity index is 875. The molecule has 1 aliphatic heterocycles. The Balaban J connectivity index is 1.71. The van der Waals surface area contributed by atoms with E-state index in [1.807, 2.05) is 43.0 Å². The molecule has 1 aromatic heterocycles. The van der Waals surface area contributed by atoms with Crippen LogP contribution in [-0.2, 0) is 21.2 Å². The molecule has 1 atom stereocenters. The molecule has 2 heterocycles. The first kappa shape index (κ1) is 18.7. The van der Waals surface area contributed by atoms with Crippen LogP contribution in [0.3, 0.4) is 0 Å².